The van der Waals surface area contributed by atoms with E-state index in [-0.39, 0.29) is 0 Å². The van der Waals surface area contributed by atoms with Crippen LogP contribution in [0.15, 0.2) is 12.1 Å². The standard InChI is InChI=1S/C12H17NO3/c1-8-5-9(2)11(15-3)10(6-8)7-13-12(14)16-4/h5-6H,7H2,1-4H3,(H,13,14). The molecule has 0 saturated carbocycles. The van der Waals surface area contributed by atoms with Gasteiger partial charge < -0.3 is 14.8 Å². The number of nitrogens with one attached hydrogen (secondary N) is 1. The predicted octanol–water partition coefficient (Wildman–Crippen LogP) is 2.17. The van der Waals surface area contributed by atoms with Gasteiger partial charge in [-0.05, 0) is 19.4 Å². The molecule has 0 unspecified atom stereocenters. The molecule has 4 nitrogen and oxygen atoms in total. The molecule has 0 spiro atoms. The number of hydrogen-bond acceptors (Lipinski definition) is 3. The summed E-state index contributed by atoms with van der Waals surface area (Å²) in [5.74, 6) is 0.807. The van der Waals surface area contributed by atoms with E-state index in [2.05, 4.69) is 10.1 Å². The van der Waals surface area contributed by atoms with E-state index < -0.39 is 6.09 Å². The summed E-state index contributed by atoms with van der Waals surface area (Å²) >= 11 is 0. The zero-order valence-corrected chi connectivity index (χ0v) is 10.1. The molecule has 1 aromatic rings. The van der Waals surface area contributed by atoms with Gasteiger partial charge in [0.25, 0.3) is 0 Å². The number of amides is 1. The molecule has 0 saturated heterocycles. The molecule has 0 aliphatic heterocycles. The fourth-order valence-electron chi connectivity index (χ4n) is 1.71. The second kappa shape index (κ2) is 5.39. The Morgan fingerprint density at radius 2 is 2.00 bits per heavy atom. The summed E-state index contributed by atoms with van der Waals surface area (Å²) in [6.45, 7) is 4.39. The molecule has 0 atom stereocenters. The summed E-state index contributed by atoms with van der Waals surface area (Å²) in [5.41, 5.74) is 3.15. The maximum Gasteiger partial charge on any atom is 0.407 e. The first-order valence-electron chi connectivity index (χ1n) is 5.04. The van der Waals surface area contributed by atoms with Gasteiger partial charge in [0.15, 0.2) is 0 Å². The second-order valence-corrected chi connectivity index (χ2v) is 3.62. The molecular weight excluding hydrogens is 206 g/mol. The van der Waals surface area contributed by atoms with Crippen LogP contribution in [0, 0.1) is 13.8 Å². The molecule has 0 radical (unpaired) electrons. The van der Waals surface area contributed by atoms with E-state index in [0.29, 0.717) is 6.54 Å². The van der Waals surface area contributed by atoms with Crippen LogP contribution in [-0.4, -0.2) is 20.3 Å². The third-order valence-electron chi connectivity index (χ3n) is 2.31. The molecule has 16 heavy (non-hydrogen) atoms. The fourth-order valence-corrected chi connectivity index (χ4v) is 1.71. The molecule has 0 fully saturated rings. The van der Waals surface area contributed by atoms with Gasteiger partial charge in [0.1, 0.15) is 5.75 Å². The molecule has 0 aliphatic rings. The molecule has 1 aromatic carbocycles. The van der Waals surface area contributed by atoms with Crippen LogP contribution in [0.3, 0.4) is 0 Å². The summed E-state index contributed by atoms with van der Waals surface area (Å²) in [7, 11) is 2.97. The monoisotopic (exact) mass is 223 g/mol. The van der Waals surface area contributed by atoms with Crippen molar-refractivity contribution in [2.45, 2.75) is 20.4 Å². The Labute approximate surface area is 95.6 Å². The van der Waals surface area contributed by atoms with Crippen molar-refractivity contribution in [2.24, 2.45) is 0 Å². The Bertz CT molecular complexity index is 388. The van der Waals surface area contributed by atoms with Gasteiger partial charge in [0.05, 0.1) is 14.2 Å². The number of aryl methyl sites for hydroxylation is 2. The van der Waals surface area contributed by atoms with Gasteiger partial charge in [-0.25, -0.2) is 4.79 Å². The molecule has 1 rings (SSSR count). The van der Waals surface area contributed by atoms with Crippen LogP contribution in [0.2, 0.25) is 0 Å². The smallest absolute Gasteiger partial charge is 0.407 e. The Morgan fingerprint density at radius 1 is 1.31 bits per heavy atom. The number of carbonyl (C=O) groups is 1. The topological polar surface area (TPSA) is 47.6 Å². The minimum absolute atomic E-state index is 0.401. The van der Waals surface area contributed by atoms with E-state index in [1.54, 1.807) is 7.11 Å². The highest BCUT2D eigenvalue weighted by atomic mass is 16.5. The molecule has 0 aromatic heterocycles. The van der Waals surface area contributed by atoms with Crippen LogP contribution in [0.1, 0.15) is 16.7 Å². The minimum Gasteiger partial charge on any atom is -0.496 e. The maximum atomic E-state index is 11.0. The number of carbonyl (C=O) groups excluding carboxylic acids is 1. The lowest BCUT2D eigenvalue weighted by atomic mass is 10.1. The number of benzene rings is 1. The highest BCUT2D eigenvalue weighted by molar-refractivity contribution is 5.67. The first-order chi connectivity index (χ1) is 7.58. The highest BCUT2D eigenvalue weighted by Gasteiger charge is 2.08. The third kappa shape index (κ3) is 2.89. The highest BCUT2D eigenvalue weighted by Crippen LogP contribution is 2.24. The number of alkyl carbamates (subject to hydrolysis) is 1. The average Bonchev–Trinajstić information content (AvgIpc) is 2.25. The molecule has 1 N–H and O–H groups in total. The van der Waals surface area contributed by atoms with E-state index in [1.807, 2.05) is 26.0 Å². The maximum absolute atomic E-state index is 11.0. The fraction of sp³-hybridized carbons (Fsp3) is 0.417. The average molecular weight is 223 g/mol. The SMILES string of the molecule is COC(=O)NCc1cc(C)cc(C)c1OC. The minimum atomic E-state index is -0.443. The first-order valence-corrected chi connectivity index (χ1v) is 5.04. The van der Waals surface area contributed by atoms with E-state index in [1.165, 1.54) is 7.11 Å². The largest absolute Gasteiger partial charge is 0.496 e. The lowest BCUT2D eigenvalue weighted by molar-refractivity contribution is 0.170. The van der Waals surface area contributed by atoms with Crippen LogP contribution < -0.4 is 10.1 Å². The normalized spacial score (nSPS) is 9.75. The molecule has 1 amide bonds. The van der Waals surface area contributed by atoms with Gasteiger partial charge in [-0.15, -0.1) is 0 Å². The van der Waals surface area contributed by atoms with Crippen molar-refractivity contribution in [1.82, 2.24) is 5.32 Å². The van der Waals surface area contributed by atoms with Crippen molar-refractivity contribution in [3.8, 4) is 5.75 Å². The molecule has 0 bridgehead atoms. The van der Waals surface area contributed by atoms with Gasteiger partial charge in [0, 0.05) is 12.1 Å². The number of methoxy groups -OCH3 is 2. The Hall–Kier alpha value is -1.71. The van der Waals surface area contributed by atoms with Crippen molar-refractivity contribution in [1.29, 1.82) is 0 Å². The summed E-state index contributed by atoms with van der Waals surface area (Å²) < 4.78 is 9.82. The molecular formula is C12H17NO3. The van der Waals surface area contributed by atoms with Crippen LogP contribution in [0.5, 0.6) is 5.75 Å². The van der Waals surface area contributed by atoms with Gasteiger partial charge in [-0.2, -0.15) is 0 Å². The van der Waals surface area contributed by atoms with Gasteiger partial charge >= 0.3 is 6.09 Å². The number of ether oxygens (including phenoxy) is 2. The van der Waals surface area contributed by atoms with Crippen LogP contribution >= 0.6 is 0 Å². The van der Waals surface area contributed by atoms with Crippen LogP contribution in [0.4, 0.5) is 4.79 Å². The van der Waals surface area contributed by atoms with Gasteiger partial charge in [-0.3, -0.25) is 0 Å². The van der Waals surface area contributed by atoms with E-state index in [9.17, 15) is 4.79 Å². The Morgan fingerprint density at radius 3 is 2.56 bits per heavy atom. The zero-order valence-electron chi connectivity index (χ0n) is 10.1. The van der Waals surface area contributed by atoms with Crippen molar-refractivity contribution in [3.63, 3.8) is 0 Å². The van der Waals surface area contributed by atoms with E-state index in [0.717, 1.165) is 22.4 Å². The van der Waals surface area contributed by atoms with Crippen LogP contribution in [-0.2, 0) is 11.3 Å². The second-order valence-electron chi connectivity index (χ2n) is 3.62. The lowest BCUT2D eigenvalue weighted by Crippen LogP contribution is -2.22. The Balaban J connectivity index is 2.89. The quantitative estimate of drug-likeness (QED) is 0.854. The number of rotatable bonds is 3. The zero-order chi connectivity index (χ0) is 12.1. The molecule has 0 aliphatic carbocycles. The van der Waals surface area contributed by atoms with E-state index >= 15 is 0 Å². The van der Waals surface area contributed by atoms with Crippen LogP contribution in [0.25, 0.3) is 0 Å². The molecule has 88 valence electrons. The third-order valence-corrected chi connectivity index (χ3v) is 2.31. The summed E-state index contributed by atoms with van der Waals surface area (Å²) in [5, 5.41) is 2.64. The number of hydrogen-bond donors (Lipinski definition) is 1. The van der Waals surface area contributed by atoms with Crippen molar-refractivity contribution >= 4 is 6.09 Å². The molecule has 0 heterocycles. The van der Waals surface area contributed by atoms with Gasteiger partial charge in [0.2, 0.25) is 0 Å². The van der Waals surface area contributed by atoms with Crippen molar-refractivity contribution in [3.05, 3.63) is 28.8 Å². The summed E-state index contributed by atoms with van der Waals surface area (Å²) in [6, 6.07) is 4.03. The molecule has 4 heteroatoms. The lowest BCUT2D eigenvalue weighted by Gasteiger charge is -2.13. The van der Waals surface area contributed by atoms with E-state index in [4.69, 9.17) is 4.74 Å². The Kier molecular flexibility index (Phi) is 4.17. The first kappa shape index (κ1) is 12.4. The summed E-state index contributed by atoms with van der Waals surface area (Å²) in [4.78, 5) is 11.0. The predicted molar refractivity (Wildman–Crippen MR) is 61.7 cm³/mol. The summed E-state index contributed by atoms with van der Waals surface area (Å²) in [6.07, 6.45) is -0.443. The van der Waals surface area contributed by atoms with Crippen molar-refractivity contribution in [2.75, 3.05) is 14.2 Å². The van der Waals surface area contributed by atoms with Gasteiger partial charge in [-0.1, -0.05) is 17.7 Å². The van der Waals surface area contributed by atoms with Crippen molar-refractivity contribution < 1.29 is 14.3 Å².